The van der Waals surface area contributed by atoms with Crippen LogP contribution in [0.4, 0.5) is 0 Å². The summed E-state index contributed by atoms with van der Waals surface area (Å²) < 4.78 is 0. The molecule has 0 aliphatic carbocycles. The van der Waals surface area contributed by atoms with Crippen molar-refractivity contribution >= 4 is 5.91 Å². The zero-order valence-corrected chi connectivity index (χ0v) is 9.87. The first kappa shape index (κ1) is 12.5. The third-order valence-electron chi connectivity index (χ3n) is 2.47. The maximum absolute atomic E-state index is 11.2. The first-order chi connectivity index (χ1) is 7.54. The van der Waals surface area contributed by atoms with Crippen LogP contribution in [-0.2, 0) is 11.3 Å². The van der Waals surface area contributed by atoms with Gasteiger partial charge >= 0.3 is 0 Å². The van der Waals surface area contributed by atoms with E-state index in [2.05, 4.69) is 10.6 Å². The van der Waals surface area contributed by atoms with E-state index < -0.39 is 0 Å². The number of likely N-dealkylation sites (N-methyl/N-ethyl adjacent to an activating group) is 1. The quantitative estimate of drug-likeness (QED) is 0.710. The van der Waals surface area contributed by atoms with E-state index in [1.165, 1.54) is 0 Å². The minimum Gasteiger partial charge on any atom is -0.508 e. The molecule has 88 valence electrons. The molecular formula is C12H18N2O2. The lowest BCUT2D eigenvalue weighted by Gasteiger charge is -2.13. The number of amides is 1. The predicted molar refractivity (Wildman–Crippen MR) is 63.2 cm³/mol. The van der Waals surface area contributed by atoms with Crippen molar-refractivity contribution in [3.8, 4) is 5.75 Å². The maximum atomic E-state index is 11.2. The molecule has 0 radical (unpaired) electrons. The van der Waals surface area contributed by atoms with E-state index in [9.17, 15) is 9.90 Å². The normalized spacial score (nSPS) is 12.2. The van der Waals surface area contributed by atoms with Gasteiger partial charge in [-0.05, 0) is 19.9 Å². The summed E-state index contributed by atoms with van der Waals surface area (Å²) in [6, 6.07) is 5.14. The summed E-state index contributed by atoms with van der Waals surface area (Å²) in [5, 5.41) is 15.2. The van der Waals surface area contributed by atoms with E-state index >= 15 is 0 Å². The zero-order valence-electron chi connectivity index (χ0n) is 9.87. The van der Waals surface area contributed by atoms with Crippen LogP contribution in [0.15, 0.2) is 18.2 Å². The van der Waals surface area contributed by atoms with E-state index in [0.717, 1.165) is 11.1 Å². The molecule has 1 atom stereocenters. The summed E-state index contributed by atoms with van der Waals surface area (Å²) in [7, 11) is 1.60. The summed E-state index contributed by atoms with van der Waals surface area (Å²) >= 11 is 0. The second-order valence-corrected chi connectivity index (χ2v) is 3.85. The van der Waals surface area contributed by atoms with E-state index in [4.69, 9.17) is 0 Å². The molecule has 0 aromatic heterocycles. The monoisotopic (exact) mass is 222 g/mol. The molecule has 0 bridgehead atoms. The fourth-order valence-electron chi connectivity index (χ4n) is 1.43. The Balaban J connectivity index is 2.60. The Morgan fingerprint density at radius 3 is 2.81 bits per heavy atom. The molecule has 0 saturated carbocycles. The summed E-state index contributed by atoms with van der Waals surface area (Å²) in [6.45, 7) is 4.22. The first-order valence-corrected chi connectivity index (χ1v) is 5.28. The van der Waals surface area contributed by atoms with Crippen molar-refractivity contribution < 1.29 is 9.90 Å². The summed E-state index contributed by atoms with van der Waals surface area (Å²) in [5.74, 6) is 0.189. The second-order valence-electron chi connectivity index (χ2n) is 3.85. The fourth-order valence-corrected chi connectivity index (χ4v) is 1.43. The molecule has 0 fully saturated rings. The van der Waals surface area contributed by atoms with Crippen LogP contribution in [0.5, 0.6) is 5.75 Å². The molecule has 1 aromatic rings. The van der Waals surface area contributed by atoms with Gasteiger partial charge in [0.2, 0.25) is 5.91 Å². The number of nitrogens with one attached hydrogen (secondary N) is 2. The van der Waals surface area contributed by atoms with Gasteiger partial charge < -0.3 is 15.7 Å². The number of benzene rings is 1. The number of hydrogen-bond donors (Lipinski definition) is 3. The molecule has 0 aliphatic rings. The number of rotatable bonds is 4. The molecule has 0 heterocycles. The molecule has 0 spiro atoms. The molecule has 16 heavy (non-hydrogen) atoms. The van der Waals surface area contributed by atoms with Crippen molar-refractivity contribution in [2.24, 2.45) is 0 Å². The van der Waals surface area contributed by atoms with Crippen LogP contribution >= 0.6 is 0 Å². The Bertz CT molecular complexity index is 377. The highest BCUT2D eigenvalue weighted by Gasteiger charge is 2.10. The lowest BCUT2D eigenvalue weighted by molar-refractivity contribution is -0.122. The fraction of sp³-hybridized carbons (Fsp3) is 0.417. The number of carbonyl (C=O) groups is 1. The first-order valence-electron chi connectivity index (χ1n) is 5.28. The van der Waals surface area contributed by atoms with Gasteiger partial charge in [0.25, 0.3) is 0 Å². The molecule has 3 N–H and O–H groups in total. The van der Waals surface area contributed by atoms with Crippen LogP contribution in [0, 0.1) is 6.92 Å². The van der Waals surface area contributed by atoms with E-state index in [1.54, 1.807) is 20.0 Å². The van der Waals surface area contributed by atoms with Gasteiger partial charge in [-0.3, -0.25) is 4.79 Å². The molecule has 4 heteroatoms. The highest BCUT2D eigenvalue weighted by atomic mass is 16.3. The third kappa shape index (κ3) is 3.24. The molecule has 0 aliphatic heterocycles. The van der Waals surface area contributed by atoms with E-state index in [-0.39, 0.29) is 17.7 Å². The van der Waals surface area contributed by atoms with Crippen molar-refractivity contribution in [1.82, 2.24) is 10.6 Å². The Morgan fingerprint density at radius 2 is 2.19 bits per heavy atom. The third-order valence-corrected chi connectivity index (χ3v) is 2.47. The molecule has 1 amide bonds. The van der Waals surface area contributed by atoms with E-state index in [1.807, 2.05) is 19.1 Å². The van der Waals surface area contributed by atoms with Crippen LogP contribution in [0.3, 0.4) is 0 Å². The highest BCUT2D eigenvalue weighted by molar-refractivity contribution is 5.80. The minimum absolute atomic E-state index is 0.0628. The van der Waals surface area contributed by atoms with Crippen molar-refractivity contribution in [2.75, 3.05) is 7.05 Å². The molecule has 0 unspecified atom stereocenters. The molecular weight excluding hydrogens is 204 g/mol. The Labute approximate surface area is 95.7 Å². The molecule has 1 aromatic carbocycles. The van der Waals surface area contributed by atoms with Crippen LogP contribution < -0.4 is 10.6 Å². The predicted octanol–water partition coefficient (Wildman–Crippen LogP) is 0.925. The molecule has 1 rings (SSSR count). The minimum atomic E-state index is -0.273. The van der Waals surface area contributed by atoms with Crippen LogP contribution in [0.25, 0.3) is 0 Å². The standard InChI is InChI=1S/C12H18N2O2/c1-8-4-5-11(15)10(6-8)7-14-9(2)12(16)13-3/h4-6,9,14-15H,7H2,1-3H3,(H,13,16)/t9-/m1/s1. The number of carbonyl (C=O) groups excluding carboxylic acids is 1. The van der Waals surface area contributed by atoms with Gasteiger partial charge in [0.05, 0.1) is 6.04 Å². The van der Waals surface area contributed by atoms with Crippen LogP contribution in [0.1, 0.15) is 18.1 Å². The van der Waals surface area contributed by atoms with Crippen molar-refractivity contribution in [2.45, 2.75) is 26.4 Å². The number of aryl methyl sites for hydroxylation is 1. The van der Waals surface area contributed by atoms with E-state index in [0.29, 0.717) is 6.54 Å². The summed E-state index contributed by atoms with van der Waals surface area (Å²) in [5.41, 5.74) is 1.89. The number of hydrogen-bond acceptors (Lipinski definition) is 3. The van der Waals surface area contributed by atoms with Gasteiger partial charge in [-0.25, -0.2) is 0 Å². The number of aromatic hydroxyl groups is 1. The summed E-state index contributed by atoms with van der Waals surface area (Å²) in [4.78, 5) is 11.2. The summed E-state index contributed by atoms with van der Waals surface area (Å²) in [6.07, 6.45) is 0. The van der Waals surface area contributed by atoms with Crippen molar-refractivity contribution in [3.05, 3.63) is 29.3 Å². The number of phenols is 1. The molecule has 0 saturated heterocycles. The number of phenolic OH excluding ortho intramolecular Hbond substituents is 1. The Hall–Kier alpha value is -1.55. The lowest BCUT2D eigenvalue weighted by atomic mass is 10.1. The smallest absolute Gasteiger partial charge is 0.236 e. The zero-order chi connectivity index (χ0) is 12.1. The molecule has 4 nitrogen and oxygen atoms in total. The van der Waals surface area contributed by atoms with Gasteiger partial charge in [0, 0.05) is 19.2 Å². The van der Waals surface area contributed by atoms with Crippen molar-refractivity contribution in [1.29, 1.82) is 0 Å². The highest BCUT2D eigenvalue weighted by Crippen LogP contribution is 2.17. The van der Waals surface area contributed by atoms with Gasteiger partial charge in [-0.1, -0.05) is 17.7 Å². The second kappa shape index (κ2) is 5.51. The maximum Gasteiger partial charge on any atom is 0.236 e. The largest absolute Gasteiger partial charge is 0.508 e. The average Bonchev–Trinajstić information content (AvgIpc) is 2.28. The van der Waals surface area contributed by atoms with Gasteiger partial charge in [-0.15, -0.1) is 0 Å². The average molecular weight is 222 g/mol. The Morgan fingerprint density at radius 1 is 1.50 bits per heavy atom. The SMILES string of the molecule is CNC(=O)[C@@H](C)NCc1cc(C)ccc1O. The van der Waals surface area contributed by atoms with Crippen molar-refractivity contribution in [3.63, 3.8) is 0 Å². The van der Waals surface area contributed by atoms with Gasteiger partial charge in [0.15, 0.2) is 0 Å². The topological polar surface area (TPSA) is 61.4 Å². The van der Waals surface area contributed by atoms with Gasteiger partial charge in [0.1, 0.15) is 5.75 Å². The Kier molecular flexibility index (Phi) is 4.31. The van der Waals surface area contributed by atoms with Crippen LogP contribution in [0.2, 0.25) is 0 Å². The lowest BCUT2D eigenvalue weighted by Crippen LogP contribution is -2.40. The van der Waals surface area contributed by atoms with Crippen LogP contribution in [-0.4, -0.2) is 24.1 Å². The van der Waals surface area contributed by atoms with Gasteiger partial charge in [-0.2, -0.15) is 0 Å².